The van der Waals surface area contributed by atoms with Gasteiger partial charge in [-0.3, -0.25) is 4.79 Å². The fourth-order valence-corrected chi connectivity index (χ4v) is 3.09. The van der Waals surface area contributed by atoms with Gasteiger partial charge in [0, 0.05) is 4.91 Å². The summed E-state index contributed by atoms with van der Waals surface area (Å²) in [5, 5.41) is 5.72. The zero-order valence-electron chi connectivity index (χ0n) is 15.3. The van der Waals surface area contributed by atoms with Crippen LogP contribution in [0.25, 0.3) is 21.2 Å². The highest BCUT2D eigenvalue weighted by molar-refractivity contribution is 5.85. The Labute approximate surface area is 148 Å². The minimum absolute atomic E-state index is 0.175. The van der Waals surface area contributed by atoms with Gasteiger partial charge in [0.25, 0.3) is 0 Å². The van der Waals surface area contributed by atoms with Gasteiger partial charge < -0.3 is 4.74 Å². The average Bonchev–Trinajstić information content (AvgIpc) is 2.55. The van der Waals surface area contributed by atoms with Crippen LogP contribution in [0.2, 0.25) is 0 Å². The summed E-state index contributed by atoms with van der Waals surface area (Å²) in [4.78, 5) is 15.3. The molecule has 2 atom stereocenters. The van der Waals surface area contributed by atoms with Crippen LogP contribution in [-0.4, -0.2) is 12.6 Å². The predicted octanol–water partition coefficient (Wildman–Crippen LogP) is 5.81. The van der Waals surface area contributed by atoms with Crippen molar-refractivity contribution in [1.82, 2.24) is 0 Å². The average molecular weight is 339 g/mol. The van der Waals surface area contributed by atoms with Gasteiger partial charge in [-0.05, 0) is 39.6 Å². The van der Waals surface area contributed by atoms with Crippen molar-refractivity contribution in [2.75, 3.05) is 6.61 Å². The number of rotatable bonds is 6. The third kappa shape index (κ3) is 5.50. The van der Waals surface area contributed by atoms with Gasteiger partial charge in [0.1, 0.15) is 0 Å². The van der Waals surface area contributed by atoms with Gasteiger partial charge in [0.2, 0.25) is 0 Å². The molecule has 0 N–H and O–H groups in total. The van der Waals surface area contributed by atoms with E-state index in [1.54, 1.807) is 0 Å². The molecule has 2 rings (SSSR count). The molecule has 0 spiro atoms. The number of ether oxygens (including phenoxy) is 1. The van der Waals surface area contributed by atoms with E-state index in [4.69, 9.17) is 10.3 Å². The molecule has 0 aliphatic heterocycles. The molecule has 2 aromatic rings. The molecule has 0 heterocycles. The number of carbonyl (C=O) groups excluding carboxylic acids is 1. The highest BCUT2D eigenvalue weighted by Crippen LogP contribution is 2.27. The lowest BCUT2D eigenvalue weighted by atomic mass is 9.86. The molecule has 0 fully saturated rings. The SMILES string of the molecule is CC(COC(=O)C(N=[N+]=[N-])c1ccc2ccccc2c1)CC(C)(C)C. The molecule has 2 unspecified atom stereocenters. The van der Waals surface area contributed by atoms with Crippen molar-refractivity contribution in [3.05, 3.63) is 58.5 Å². The van der Waals surface area contributed by atoms with E-state index in [0.29, 0.717) is 12.2 Å². The van der Waals surface area contributed by atoms with Crippen LogP contribution in [0, 0.1) is 11.3 Å². The Hall–Kier alpha value is -2.52. The Morgan fingerprint density at radius 3 is 2.52 bits per heavy atom. The van der Waals surface area contributed by atoms with Gasteiger partial charge in [0.15, 0.2) is 6.04 Å². The van der Waals surface area contributed by atoms with E-state index in [2.05, 4.69) is 37.7 Å². The lowest BCUT2D eigenvalue weighted by molar-refractivity contribution is -0.146. The maximum absolute atomic E-state index is 12.5. The van der Waals surface area contributed by atoms with Crippen LogP contribution < -0.4 is 0 Å². The zero-order chi connectivity index (χ0) is 18.4. The molecule has 0 saturated carbocycles. The van der Waals surface area contributed by atoms with Crippen molar-refractivity contribution >= 4 is 16.7 Å². The first kappa shape index (κ1) is 18.8. The van der Waals surface area contributed by atoms with Crippen LogP contribution in [-0.2, 0) is 9.53 Å². The Bertz CT molecular complexity index is 789. The summed E-state index contributed by atoms with van der Waals surface area (Å²) in [6, 6.07) is 12.5. The fourth-order valence-electron chi connectivity index (χ4n) is 3.09. The van der Waals surface area contributed by atoms with Crippen molar-refractivity contribution in [2.45, 2.75) is 40.2 Å². The summed E-state index contributed by atoms with van der Waals surface area (Å²) in [5.74, 6) is -0.263. The summed E-state index contributed by atoms with van der Waals surface area (Å²) in [6.07, 6.45) is 0.947. The van der Waals surface area contributed by atoms with Gasteiger partial charge in [-0.1, -0.05) is 75.3 Å². The van der Waals surface area contributed by atoms with Crippen molar-refractivity contribution in [2.24, 2.45) is 16.4 Å². The summed E-state index contributed by atoms with van der Waals surface area (Å²) in [5.41, 5.74) is 9.66. The fraction of sp³-hybridized carbons (Fsp3) is 0.450. The second kappa shape index (κ2) is 8.04. The van der Waals surface area contributed by atoms with Gasteiger partial charge >= 0.3 is 5.97 Å². The first-order valence-corrected chi connectivity index (χ1v) is 8.50. The van der Waals surface area contributed by atoms with E-state index in [-0.39, 0.29) is 11.3 Å². The summed E-state index contributed by atoms with van der Waals surface area (Å²) < 4.78 is 5.43. The van der Waals surface area contributed by atoms with E-state index in [1.165, 1.54) is 0 Å². The molecule has 0 bridgehead atoms. The number of nitrogens with zero attached hydrogens (tertiary/aromatic N) is 3. The van der Waals surface area contributed by atoms with Crippen LogP contribution >= 0.6 is 0 Å². The largest absolute Gasteiger partial charge is 0.465 e. The van der Waals surface area contributed by atoms with Crippen molar-refractivity contribution in [3.8, 4) is 0 Å². The molecular formula is C20H25N3O2. The molecule has 0 aliphatic carbocycles. The van der Waals surface area contributed by atoms with E-state index in [9.17, 15) is 4.79 Å². The first-order valence-electron chi connectivity index (χ1n) is 8.50. The summed E-state index contributed by atoms with van der Waals surface area (Å²) in [6.45, 7) is 8.84. The number of hydrogen-bond donors (Lipinski definition) is 0. The summed E-state index contributed by atoms with van der Waals surface area (Å²) >= 11 is 0. The molecule has 0 saturated heterocycles. The quantitative estimate of drug-likeness (QED) is 0.288. The molecule has 25 heavy (non-hydrogen) atoms. The molecule has 0 radical (unpaired) electrons. The smallest absolute Gasteiger partial charge is 0.319 e. The maximum Gasteiger partial charge on any atom is 0.319 e. The molecule has 132 valence electrons. The Balaban J connectivity index is 2.13. The minimum Gasteiger partial charge on any atom is -0.465 e. The van der Waals surface area contributed by atoms with Gasteiger partial charge in [-0.15, -0.1) is 0 Å². The van der Waals surface area contributed by atoms with E-state index >= 15 is 0 Å². The Kier molecular flexibility index (Phi) is 6.05. The maximum atomic E-state index is 12.5. The van der Waals surface area contributed by atoms with Crippen LogP contribution in [0.5, 0.6) is 0 Å². The molecule has 2 aromatic carbocycles. The topological polar surface area (TPSA) is 75.1 Å². The highest BCUT2D eigenvalue weighted by Gasteiger charge is 2.23. The number of carbonyl (C=O) groups is 1. The van der Waals surface area contributed by atoms with Crippen LogP contribution in [0.15, 0.2) is 47.6 Å². The van der Waals surface area contributed by atoms with E-state index in [1.807, 2.05) is 42.5 Å². The second-order valence-electron chi connectivity index (χ2n) is 7.71. The zero-order valence-corrected chi connectivity index (χ0v) is 15.3. The van der Waals surface area contributed by atoms with Crippen LogP contribution in [0.3, 0.4) is 0 Å². The monoisotopic (exact) mass is 339 g/mol. The molecule has 5 nitrogen and oxygen atoms in total. The Morgan fingerprint density at radius 2 is 1.88 bits per heavy atom. The van der Waals surface area contributed by atoms with Crippen LogP contribution in [0.4, 0.5) is 0 Å². The lowest BCUT2D eigenvalue weighted by Gasteiger charge is -2.23. The second-order valence-corrected chi connectivity index (χ2v) is 7.71. The van der Waals surface area contributed by atoms with E-state index in [0.717, 1.165) is 17.2 Å². The number of fused-ring (bicyclic) bond motifs is 1. The third-order valence-corrected chi connectivity index (χ3v) is 3.95. The molecule has 0 amide bonds. The van der Waals surface area contributed by atoms with Crippen LogP contribution in [0.1, 0.15) is 45.7 Å². The van der Waals surface area contributed by atoms with Gasteiger partial charge in [0.05, 0.1) is 6.61 Å². The number of hydrogen-bond acceptors (Lipinski definition) is 3. The molecule has 0 aliphatic rings. The third-order valence-electron chi connectivity index (χ3n) is 3.95. The molecule has 0 aromatic heterocycles. The number of benzene rings is 2. The minimum atomic E-state index is -0.962. The lowest BCUT2D eigenvalue weighted by Crippen LogP contribution is -2.20. The highest BCUT2D eigenvalue weighted by atomic mass is 16.5. The van der Waals surface area contributed by atoms with E-state index < -0.39 is 12.0 Å². The normalized spacial score (nSPS) is 13.8. The number of esters is 1. The van der Waals surface area contributed by atoms with Crippen molar-refractivity contribution in [1.29, 1.82) is 0 Å². The predicted molar refractivity (Wildman–Crippen MR) is 100 cm³/mol. The number of azide groups is 1. The molecule has 5 heteroatoms. The van der Waals surface area contributed by atoms with Crippen molar-refractivity contribution in [3.63, 3.8) is 0 Å². The Morgan fingerprint density at radius 1 is 1.20 bits per heavy atom. The first-order chi connectivity index (χ1) is 11.8. The summed E-state index contributed by atoms with van der Waals surface area (Å²) in [7, 11) is 0. The standard InChI is InChI=1S/C20H25N3O2/c1-14(12-20(2,3)4)13-25-19(24)18(22-23-21)17-10-9-15-7-5-6-8-16(15)11-17/h5-11,14,18H,12-13H2,1-4H3. The van der Waals surface area contributed by atoms with Gasteiger partial charge in [-0.2, -0.15) is 0 Å². The molecular weight excluding hydrogens is 314 g/mol. The van der Waals surface area contributed by atoms with Crippen molar-refractivity contribution < 1.29 is 9.53 Å². The van der Waals surface area contributed by atoms with Gasteiger partial charge in [-0.25, -0.2) is 0 Å².